The monoisotopic (exact) mass is 315 g/mol. The van der Waals surface area contributed by atoms with Gasteiger partial charge in [-0.25, -0.2) is 0 Å². The summed E-state index contributed by atoms with van der Waals surface area (Å²) in [7, 11) is 0. The highest BCUT2D eigenvalue weighted by Crippen LogP contribution is 2.33. The molecule has 2 rings (SSSR count). The maximum absolute atomic E-state index is 11.9. The highest BCUT2D eigenvalue weighted by Gasteiger charge is 2.20. The van der Waals surface area contributed by atoms with Crippen LogP contribution in [0.2, 0.25) is 10.0 Å². The Hall–Kier alpha value is -2.19. The molecular weight excluding hydrogens is 309 g/mol. The Bertz CT molecular complexity index is 700. The van der Waals surface area contributed by atoms with E-state index in [0.717, 1.165) is 6.07 Å². The molecule has 0 bridgehead atoms. The summed E-state index contributed by atoms with van der Waals surface area (Å²) in [6.45, 7) is 1.66. The van der Waals surface area contributed by atoms with Gasteiger partial charge >= 0.3 is 0 Å². The van der Waals surface area contributed by atoms with E-state index in [1.807, 2.05) is 0 Å². The highest BCUT2D eigenvalue weighted by atomic mass is 35.5. The SMILES string of the molecule is Cc1nc(NC(=O)c2cc(Cl)c(Cl)c([N+](=O)[O-])c2)n[nH]1. The molecule has 0 fully saturated rings. The van der Waals surface area contributed by atoms with E-state index in [1.54, 1.807) is 6.92 Å². The number of hydrogen-bond acceptors (Lipinski definition) is 5. The van der Waals surface area contributed by atoms with Crippen LogP contribution in [0.3, 0.4) is 0 Å². The van der Waals surface area contributed by atoms with Gasteiger partial charge in [-0.1, -0.05) is 23.2 Å². The largest absolute Gasteiger partial charge is 0.290 e. The normalized spacial score (nSPS) is 10.3. The molecule has 0 aliphatic carbocycles. The van der Waals surface area contributed by atoms with Crippen molar-refractivity contribution < 1.29 is 9.72 Å². The predicted octanol–water partition coefficient (Wildman–Crippen LogP) is 2.58. The van der Waals surface area contributed by atoms with Crippen LogP contribution in [0.5, 0.6) is 0 Å². The first-order valence-electron chi connectivity index (χ1n) is 5.22. The van der Waals surface area contributed by atoms with Crippen molar-refractivity contribution in [1.82, 2.24) is 15.2 Å². The van der Waals surface area contributed by atoms with Crippen molar-refractivity contribution >= 4 is 40.7 Å². The van der Waals surface area contributed by atoms with Gasteiger partial charge in [0.05, 0.1) is 9.95 Å². The zero-order valence-corrected chi connectivity index (χ0v) is 11.5. The van der Waals surface area contributed by atoms with Gasteiger partial charge in [-0.05, 0) is 13.0 Å². The Morgan fingerprint density at radius 3 is 2.70 bits per heavy atom. The van der Waals surface area contributed by atoms with Crippen LogP contribution in [-0.4, -0.2) is 26.0 Å². The molecule has 0 unspecified atom stereocenters. The lowest BCUT2D eigenvalue weighted by atomic mass is 10.2. The van der Waals surface area contributed by atoms with Crippen LogP contribution in [-0.2, 0) is 0 Å². The van der Waals surface area contributed by atoms with Gasteiger partial charge in [-0.3, -0.25) is 25.3 Å². The summed E-state index contributed by atoms with van der Waals surface area (Å²) in [6, 6.07) is 2.26. The van der Waals surface area contributed by atoms with E-state index >= 15 is 0 Å². The van der Waals surface area contributed by atoms with Crippen molar-refractivity contribution in [3.8, 4) is 0 Å². The third kappa shape index (κ3) is 2.86. The molecule has 1 aromatic heterocycles. The first kappa shape index (κ1) is 14.2. The molecule has 0 spiro atoms. The van der Waals surface area contributed by atoms with E-state index in [4.69, 9.17) is 23.2 Å². The fraction of sp³-hybridized carbons (Fsp3) is 0.100. The molecule has 0 atom stereocenters. The van der Waals surface area contributed by atoms with E-state index < -0.39 is 16.5 Å². The average molecular weight is 316 g/mol. The molecule has 10 heteroatoms. The van der Waals surface area contributed by atoms with E-state index in [0.29, 0.717) is 5.82 Å². The predicted molar refractivity (Wildman–Crippen MR) is 72.2 cm³/mol. The lowest BCUT2D eigenvalue weighted by Crippen LogP contribution is -2.13. The minimum absolute atomic E-state index is 0.0199. The van der Waals surface area contributed by atoms with Crippen LogP contribution in [0, 0.1) is 17.0 Å². The van der Waals surface area contributed by atoms with Crippen LogP contribution in [0.1, 0.15) is 16.2 Å². The van der Waals surface area contributed by atoms with Crippen molar-refractivity contribution in [2.45, 2.75) is 6.92 Å². The van der Waals surface area contributed by atoms with Gasteiger partial charge in [0.15, 0.2) is 0 Å². The summed E-state index contributed by atoms with van der Waals surface area (Å²) in [5.41, 5.74) is -0.468. The first-order valence-corrected chi connectivity index (χ1v) is 5.98. The number of H-pyrrole nitrogens is 1. The number of hydrogen-bond donors (Lipinski definition) is 2. The van der Waals surface area contributed by atoms with Crippen molar-refractivity contribution in [2.24, 2.45) is 0 Å². The van der Waals surface area contributed by atoms with Gasteiger partial charge in [0, 0.05) is 11.6 Å². The number of anilines is 1. The maximum atomic E-state index is 11.9. The first-order chi connectivity index (χ1) is 9.38. The second kappa shape index (κ2) is 5.43. The fourth-order valence-corrected chi connectivity index (χ4v) is 1.80. The van der Waals surface area contributed by atoms with Gasteiger partial charge in [-0.2, -0.15) is 4.98 Å². The van der Waals surface area contributed by atoms with Crippen LogP contribution < -0.4 is 5.32 Å². The zero-order chi connectivity index (χ0) is 14.9. The number of aromatic amines is 1. The molecular formula is C10H7Cl2N5O3. The van der Waals surface area contributed by atoms with Crippen molar-refractivity contribution in [1.29, 1.82) is 0 Å². The molecule has 20 heavy (non-hydrogen) atoms. The average Bonchev–Trinajstić information content (AvgIpc) is 2.77. The fourth-order valence-electron chi connectivity index (χ4n) is 1.41. The van der Waals surface area contributed by atoms with Crippen LogP contribution >= 0.6 is 23.2 Å². The molecule has 104 valence electrons. The summed E-state index contributed by atoms with van der Waals surface area (Å²) in [5, 5.41) is 19.1. The molecule has 0 aliphatic heterocycles. The molecule has 8 nitrogen and oxygen atoms in total. The molecule has 1 aromatic carbocycles. The number of benzene rings is 1. The number of nitrogens with one attached hydrogen (secondary N) is 2. The molecule has 2 aromatic rings. The molecule has 0 saturated heterocycles. The number of nitrogens with zero attached hydrogens (tertiary/aromatic N) is 3. The van der Waals surface area contributed by atoms with Gasteiger partial charge in [-0.15, -0.1) is 5.10 Å². The van der Waals surface area contributed by atoms with Gasteiger partial charge < -0.3 is 0 Å². The summed E-state index contributed by atoms with van der Waals surface area (Å²) in [5.74, 6) is -0.0627. The molecule has 0 saturated carbocycles. The summed E-state index contributed by atoms with van der Waals surface area (Å²) < 4.78 is 0. The van der Waals surface area contributed by atoms with E-state index in [2.05, 4.69) is 20.5 Å². The summed E-state index contributed by atoms with van der Waals surface area (Å²) in [4.78, 5) is 25.9. The molecule has 0 aliphatic rings. The number of halogens is 2. The maximum Gasteiger partial charge on any atom is 0.290 e. The number of nitro groups is 1. The minimum atomic E-state index is -0.720. The quantitative estimate of drug-likeness (QED) is 0.667. The number of rotatable bonds is 3. The lowest BCUT2D eigenvalue weighted by Gasteiger charge is -2.04. The lowest BCUT2D eigenvalue weighted by molar-refractivity contribution is -0.384. The number of aromatic nitrogens is 3. The van der Waals surface area contributed by atoms with E-state index in [-0.39, 0.29) is 21.6 Å². The minimum Gasteiger partial charge on any atom is -0.289 e. The zero-order valence-electron chi connectivity index (χ0n) is 9.98. The van der Waals surface area contributed by atoms with Gasteiger partial charge in [0.2, 0.25) is 5.95 Å². The number of amides is 1. The van der Waals surface area contributed by atoms with Gasteiger partial charge in [0.25, 0.3) is 11.6 Å². The van der Waals surface area contributed by atoms with E-state index in [1.165, 1.54) is 6.07 Å². The van der Waals surface area contributed by atoms with Crippen LogP contribution in [0.25, 0.3) is 0 Å². The second-order valence-electron chi connectivity index (χ2n) is 3.75. The number of nitro benzene ring substituents is 1. The molecule has 1 amide bonds. The number of aryl methyl sites for hydroxylation is 1. The Balaban J connectivity index is 2.32. The second-order valence-corrected chi connectivity index (χ2v) is 4.53. The number of carbonyl (C=O) groups excluding carboxylic acids is 1. The standard InChI is InChI=1S/C10H7Cl2N5O3/c1-4-13-10(16-15-4)14-9(18)5-2-6(11)8(12)7(3-5)17(19)20/h2-3H,1H3,(H2,13,14,15,16,18). The summed E-state index contributed by atoms with van der Waals surface area (Å²) in [6.07, 6.45) is 0. The molecule has 0 radical (unpaired) electrons. The molecule has 2 N–H and O–H groups in total. The highest BCUT2D eigenvalue weighted by molar-refractivity contribution is 6.43. The Labute approximate surface area is 122 Å². The van der Waals surface area contributed by atoms with Crippen molar-refractivity contribution in [2.75, 3.05) is 5.32 Å². The van der Waals surface area contributed by atoms with Crippen LogP contribution in [0.15, 0.2) is 12.1 Å². The third-order valence-corrected chi connectivity index (χ3v) is 3.08. The van der Waals surface area contributed by atoms with Crippen molar-refractivity contribution in [3.63, 3.8) is 0 Å². The van der Waals surface area contributed by atoms with Gasteiger partial charge in [0.1, 0.15) is 10.8 Å². The number of carbonyl (C=O) groups is 1. The van der Waals surface area contributed by atoms with Crippen LogP contribution in [0.4, 0.5) is 11.6 Å². The Morgan fingerprint density at radius 2 is 2.15 bits per heavy atom. The van der Waals surface area contributed by atoms with E-state index in [9.17, 15) is 14.9 Å². The summed E-state index contributed by atoms with van der Waals surface area (Å²) >= 11 is 11.5. The smallest absolute Gasteiger partial charge is 0.289 e. The van der Waals surface area contributed by atoms with Crippen molar-refractivity contribution in [3.05, 3.63) is 43.7 Å². The molecule has 1 heterocycles. The Morgan fingerprint density at radius 1 is 1.45 bits per heavy atom. The third-order valence-electron chi connectivity index (χ3n) is 2.29. The Kier molecular flexibility index (Phi) is 3.86. The topological polar surface area (TPSA) is 114 Å².